The molecule has 0 spiro atoms. The van der Waals surface area contributed by atoms with Gasteiger partial charge in [-0.05, 0) is 53.9 Å². The number of carbonyl (C=O) groups is 1. The number of nitrogens with two attached hydrogens (primary N) is 1. The van der Waals surface area contributed by atoms with Gasteiger partial charge >= 0.3 is 0 Å². The Morgan fingerprint density at radius 3 is 2.50 bits per heavy atom. The second-order valence-electron chi connectivity index (χ2n) is 5.01. The summed E-state index contributed by atoms with van der Waals surface area (Å²) in [6.45, 7) is 5.54. The molecule has 0 aromatic heterocycles. The number of halogens is 3. The summed E-state index contributed by atoms with van der Waals surface area (Å²) < 4.78 is 13.5. The summed E-state index contributed by atoms with van der Waals surface area (Å²) >= 11 is 3.15. The number of hydrogen-bond donors (Lipinski definition) is 2. The van der Waals surface area contributed by atoms with Crippen LogP contribution in [0.3, 0.4) is 0 Å². The Kier molecular flexibility index (Phi) is 8.32. The van der Waals surface area contributed by atoms with Crippen LogP contribution in [0.2, 0.25) is 0 Å². The fourth-order valence-electron chi connectivity index (χ4n) is 1.68. The molecule has 3 nitrogen and oxygen atoms in total. The molecule has 6 heteroatoms. The van der Waals surface area contributed by atoms with Crippen molar-refractivity contribution >= 4 is 34.2 Å². The van der Waals surface area contributed by atoms with Gasteiger partial charge in [-0.1, -0.05) is 13.0 Å². The fraction of sp³-hybridized carbons (Fsp3) is 0.500. The van der Waals surface area contributed by atoms with E-state index in [9.17, 15) is 9.18 Å². The Hall–Kier alpha value is -0.650. The van der Waals surface area contributed by atoms with Crippen molar-refractivity contribution in [2.24, 2.45) is 11.7 Å². The van der Waals surface area contributed by atoms with Gasteiger partial charge in [-0.15, -0.1) is 12.4 Å². The zero-order valence-electron chi connectivity index (χ0n) is 11.8. The van der Waals surface area contributed by atoms with Crippen LogP contribution in [0.4, 0.5) is 4.39 Å². The number of amides is 1. The molecule has 20 heavy (non-hydrogen) atoms. The van der Waals surface area contributed by atoms with Gasteiger partial charge in [0, 0.05) is 18.0 Å². The minimum Gasteiger partial charge on any atom is -0.353 e. The molecule has 1 rings (SSSR count). The second kappa shape index (κ2) is 8.60. The van der Waals surface area contributed by atoms with E-state index in [1.165, 1.54) is 6.07 Å². The minimum absolute atomic E-state index is 0. The standard InChI is InChI=1S/C14H20BrFN2O.ClH/c1-8(18-14(19)9(2)10(3)17)6-11-4-5-13(16)12(15)7-11;/h4-5,7-10H,6,17H2,1-3H3,(H,18,19);1H. The highest BCUT2D eigenvalue weighted by atomic mass is 79.9. The lowest BCUT2D eigenvalue weighted by molar-refractivity contribution is -0.125. The summed E-state index contributed by atoms with van der Waals surface area (Å²) in [5.74, 6) is -0.558. The molecule has 0 saturated carbocycles. The molecule has 0 aliphatic heterocycles. The van der Waals surface area contributed by atoms with E-state index in [0.717, 1.165) is 5.56 Å². The van der Waals surface area contributed by atoms with E-state index >= 15 is 0 Å². The zero-order valence-corrected chi connectivity index (χ0v) is 14.2. The number of nitrogens with one attached hydrogen (secondary N) is 1. The molecule has 0 heterocycles. The highest BCUT2D eigenvalue weighted by molar-refractivity contribution is 9.10. The smallest absolute Gasteiger partial charge is 0.224 e. The third kappa shape index (κ3) is 5.77. The highest BCUT2D eigenvalue weighted by Crippen LogP contribution is 2.17. The SMILES string of the molecule is CC(Cc1ccc(F)c(Br)c1)NC(=O)C(C)C(C)N.Cl. The van der Waals surface area contributed by atoms with E-state index in [2.05, 4.69) is 21.2 Å². The summed E-state index contributed by atoms with van der Waals surface area (Å²) in [7, 11) is 0. The molecule has 0 bridgehead atoms. The van der Waals surface area contributed by atoms with Crippen LogP contribution in [0.25, 0.3) is 0 Å². The molecular formula is C14H21BrClFN2O. The zero-order chi connectivity index (χ0) is 14.6. The molecular weight excluding hydrogens is 347 g/mol. The van der Waals surface area contributed by atoms with Crippen molar-refractivity contribution in [3.05, 3.63) is 34.1 Å². The van der Waals surface area contributed by atoms with Crippen molar-refractivity contribution in [1.29, 1.82) is 0 Å². The molecule has 3 N–H and O–H groups in total. The van der Waals surface area contributed by atoms with Gasteiger partial charge in [-0.25, -0.2) is 4.39 Å². The van der Waals surface area contributed by atoms with Crippen molar-refractivity contribution in [2.45, 2.75) is 39.3 Å². The van der Waals surface area contributed by atoms with Crippen molar-refractivity contribution in [1.82, 2.24) is 5.32 Å². The summed E-state index contributed by atoms with van der Waals surface area (Å²) in [6.07, 6.45) is 0.649. The lowest BCUT2D eigenvalue weighted by atomic mass is 10.0. The van der Waals surface area contributed by atoms with Crippen molar-refractivity contribution in [3.8, 4) is 0 Å². The molecule has 114 valence electrons. The summed E-state index contributed by atoms with van der Waals surface area (Å²) in [5.41, 5.74) is 6.66. The second-order valence-corrected chi connectivity index (χ2v) is 5.86. The van der Waals surface area contributed by atoms with Crippen LogP contribution in [0.15, 0.2) is 22.7 Å². The maximum absolute atomic E-state index is 13.1. The predicted octanol–water partition coefficient (Wildman–Crippen LogP) is 3.04. The quantitative estimate of drug-likeness (QED) is 0.840. The molecule has 1 aromatic rings. The number of rotatable bonds is 5. The first-order valence-electron chi connectivity index (χ1n) is 6.31. The van der Waals surface area contributed by atoms with Gasteiger partial charge in [0.05, 0.1) is 4.47 Å². The Labute approximate surface area is 134 Å². The van der Waals surface area contributed by atoms with Gasteiger partial charge in [0.15, 0.2) is 0 Å². The van der Waals surface area contributed by atoms with Gasteiger partial charge < -0.3 is 11.1 Å². The maximum atomic E-state index is 13.1. The van der Waals surface area contributed by atoms with Crippen LogP contribution in [0, 0.1) is 11.7 Å². The molecule has 3 atom stereocenters. The first-order chi connectivity index (χ1) is 8.81. The molecule has 0 aliphatic carbocycles. The lowest BCUT2D eigenvalue weighted by Crippen LogP contribution is -2.43. The van der Waals surface area contributed by atoms with Crippen LogP contribution in [-0.4, -0.2) is 18.0 Å². The third-order valence-corrected chi connectivity index (χ3v) is 3.72. The van der Waals surface area contributed by atoms with Crippen LogP contribution < -0.4 is 11.1 Å². The first kappa shape index (κ1) is 19.4. The Morgan fingerprint density at radius 1 is 1.40 bits per heavy atom. The first-order valence-corrected chi connectivity index (χ1v) is 7.10. The minimum atomic E-state index is -0.286. The van der Waals surface area contributed by atoms with Gasteiger partial charge in [-0.2, -0.15) is 0 Å². The molecule has 1 amide bonds. The molecule has 0 radical (unpaired) electrons. The van der Waals surface area contributed by atoms with Crippen LogP contribution in [0.5, 0.6) is 0 Å². The number of hydrogen-bond acceptors (Lipinski definition) is 2. The van der Waals surface area contributed by atoms with E-state index in [1.807, 2.05) is 13.8 Å². The number of carbonyl (C=O) groups excluding carboxylic acids is 1. The van der Waals surface area contributed by atoms with E-state index in [1.54, 1.807) is 19.1 Å². The topological polar surface area (TPSA) is 55.1 Å². The van der Waals surface area contributed by atoms with E-state index in [4.69, 9.17) is 5.73 Å². The Bertz CT molecular complexity index is 457. The van der Waals surface area contributed by atoms with E-state index < -0.39 is 0 Å². The summed E-state index contributed by atoms with van der Waals surface area (Å²) in [6, 6.07) is 4.67. The summed E-state index contributed by atoms with van der Waals surface area (Å²) in [4.78, 5) is 11.8. The van der Waals surface area contributed by atoms with Gasteiger partial charge in [-0.3, -0.25) is 4.79 Å². The Balaban J connectivity index is 0.00000361. The Morgan fingerprint density at radius 2 is 2.00 bits per heavy atom. The third-order valence-electron chi connectivity index (χ3n) is 3.12. The van der Waals surface area contributed by atoms with Crippen molar-refractivity contribution in [2.75, 3.05) is 0 Å². The number of benzene rings is 1. The fourth-order valence-corrected chi connectivity index (χ4v) is 2.11. The van der Waals surface area contributed by atoms with Crippen LogP contribution in [0.1, 0.15) is 26.3 Å². The average Bonchev–Trinajstić information content (AvgIpc) is 2.32. The molecule has 1 aromatic carbocycles. The van der Waals surface area contributed by atoms with Gasteiger partial charge in [0.25, 0.3) is 0 Å². The van der Waals surface area contributed by atoms with Crippen molar-refractivity contribution < 1.29 is 9.18 Å². The molecule has 0 fully saturated rings. The van der Waals surface area contributed by atoms with Crippen LogP contribution in [-0.2, 0) is 11.2 Å². The van der Waals surface area contributed by atoms with Gasteiger partial charge in [0.1, 0.15) is 5.82 Å². The van der Waals surface area contributed by atoms with E-state index in [-0.39, 0.29) is 42.1 Å². The lowest BCUT2D eigenvalue weighted by Gasteiger charge is -2.19. The largest absolute Gasteiger partial charge is 0.353 e. The van der Waals surface area contributed by atoms with Gasteiger partial charge in [0.2, 0.25) is 5.91 Å². The van der Waals surface area contributed by atoms with E-state index in [0.29, 0.717) is 10.9 Å². The predicted molar refractivity (Wildman–Crippen MR) is 85.5 cm³/mol. The van der Waals surface area contributed by atoms with Crippen LogP contribution >= 0.6 is 28.3 Å². The monoisotopic (exact) mass is 366 g/mol. The molecule has 0 aliphatic rings. The van der Waals surface area contributed by atoms with Crippen molar-refractivity contribution in [3.63, 3.8) is 0 Å². The highest BCUT2D eigenvalue weighted by Gasteiger charge is 2.18. The maximum Gasteiger partial charge on any atom is 0.224 e. The average molecular weight is 368 g/mol. The summed E-state index contributed by atoms with van der Waals surface area (Å²) in [5, 5.41) is 2.92. The molecule has 3 unspecified atom stereocenters. The normalized spacial score (nSPS) is 14.9. The molecule has 0 saturated heterocycles.